The van der Waals surface area contributed by atoms with Crippen molar-refractivity contribution in [1.29, 1.82) is 0 Å². The molecule has 4 aliphatic rings. The van der Waals surface area contributed by atoms with Gasteiger partial charge in [-0.05, 0) is 86.5 Å². The largest absolute Gasteiger partial charge is 0.389 e. The summed E-state index contributed by atoms with van der Waals surface area (Å²) in [5.41, 5.74) is 1.17. The van der Waals surface area contributed by atoms with Gasteiger partial charge in [-0.1, -0.05) is 19.4 Å². The maximum atomic E-state index is 11.7. The van der Waals surface area contributed by atoms with Crippen LogP contribution in [0.15, 0.2) is 11.6 Å². The van der Waals surface area contributed by atoms with Gasteiger partial charge in [0.25, 0.3) is 0 Å². The third-order valence-corrected chi connectivity index (χ3v) is 8.21. The monoisotopic (exact) mass is 302 g/mol. The van der Waals surface area contributed by atoms with Crippen molar-refractivity contribution in [1.82, 2.24) is 0 Å². The average Bonchev–Trinajstić information content (AvgIpc) is 2.79. The molecule has 2 nitrogen and oxygen atoms in total. The Labute approximate surface area is 134 Å². The molecule has 6 atom stereocenters. The standard InChI is InChI=1S/C20H30O2/c1-3-20(22)11-9-18-17-6-4-13-12-14(21)5-7-15(13)16(17)8-10-19(18,20)2/h12,15-18,22H,3-11H2,1-2H3/t15-,16-,17+,18+,19+,20-/m0/s1. The van der Waals surface area contributed by atoms with Crippen molar-refractivity contribution in [2.24, 2.45) is 29.1 Å². The first-order valence-corrected chi connectivity index (χ1v) is 9.44. The van der Waals surface area contributed by atoms with Gasteiger partial charge in [0.1, 0.15) is 0 Å². The zero-order chi connectivity index (χ0) is 15.5. The highest BCUT2D eigenvalue weighted by molar-refractivity contribution is 5.91. The summed E-state index contributed by atoms with van der Waals surface area (Å²) in [5.74, 6) is 3.30. The number of hydrogen-bond acceptors (Lipinski definition) is 2. The van der Waals surface area contributed by atoms with Crippen molar-refractivity contribution >= 4 is 5.78 Å². The molecule has 0 aromatic heterocycles. The summed E-state index contributed by atoms with van der Waals surface area (Å²) in [5, 5.41) is 11.2. The lowest BCUT2D eigenvalue weighted by Crippen LogP contribution is -2.52. The lowest BCUT2D eigenvalue weighted by molar-refractivity contribution is -0.122. The van der Waals surface area contributed by atoms with E-state index >= 15 is 0 Å². The van der Waals surface area contributed by atoms with Crippen LogP contribution in [0.1, 0.15) is 71.6 Å². The topological polar surface area (TPSA) is 37.3 Å². The fourth-order valence-corrected chi connectivity index (χ4v) is 6.87. The Morgan fingerprint density at radius 3 is 2.73 bits per heavy atom. The van der Waals surface area contributed by atoms with Crippen molar-refractivity contribution in [3.8, 4) is 0 Å². The van der Waals surface area contributed by atoms with Gasteiger partial charge in [0.15, 0.2) is 5.78 Å². The molecule has 0 aromatic rings. The maximum absolute atomic E-state index is 11.7. The van der Waals surface area contributed by atoms with Crippen molar-refractivity contribution in [2.45, 2.75) is 77.2 Å². The predicted molar refractivity (Wildman–Crippen MR) is 87.3 cm³/mol. The van der Waals surface area contributed by atoms with Crippen LogP contribution in [0.25, 0.3) is 0 Å². The lowest BCUT2D eigenvalue weighted by Gasteiger charge is -2.55. The van der Waals surface area contributed by atoms with Crippen molar-refractivity contribution < 1.29 is 9.90 Å². The van der Waals surface area contributed by atoms with E-state index in [-0.39, 0.29) is 5.41 Å². The normalized spacial score (nSPS) is 50.9. The van der Waals surface area contributed by atoms with E-state index in [1.165, 1.54) is 31.3 Å². The molecular formula is C20H30O2. The van der Waals surface area contributed by atoms with E-state index in [1.807, 2.05) is 6.08 Å². The van der Waals surface area contributed by atoms with Gasteiger partial charge < -0.3 is 5.11 Å². The molecule has 0 radical (unpaired) electrons. The van der Waals surface area contributed by atoms with Crippen LogP contribution < -0.4 is 0 Å². The first-order valence-electron chi connectivity index (χ1n) is 9.44. The number of hydrogen-bond donors (Lipinski definition) is 1. The summed E-state index contributed by atoms with van der Waals surface area (Å²) in [6, 6.07) is 0. The van der Waals surface area contributed by atoms with Crippen LogP contribution >= 0.6 is 0 Å². The summed E-state index contributed by atoms with van der Waals surface area (Å²) in [7, 11) is 0. The SMILES string of the molecule is CC[C@]1(O)CC[C@@H]2[C@@H]3CCC4=CC(=O)CC[C@@H]4[C@@H]3CC[C@]21C. The molecule has 0 bridgehead atoms. The molecule has 0 aromatic carbocycles. The molecule has 0 aliphatic heterocycles. The Morgan fingerprint density at radius 1 is 1.14 bits per heavy atom. The van der Waals surface area contributed by atoms with E-state index in [2.05, 4.69) is 13.8 Å². The van der Waals surface area contributed by atoms with Gasteiger partial charge in [0.2, 0.25) is 0 Å². The molecule has 0 spiro atoms. The van der Waals surface area contributed by atoms with Crippen LogP contribution in [-0.4, -0.2) is 16.5 Å². The van der Waals surface area contributed by atoms with Crippen LogP contribution in [0.3, 0.4) is 0 Å². The van der Waals surface area contributed by atoms with Crippen molar-refractivity contribution in [3.63, 3.8) is 0 Å². The molecule has 3 saturated carbocycles. The van der Waals surface area contributed by atoms with Gasteiger partial charge in [0, 0.05) is 6.42 Å². The minimum atomic E-state index is -0.429. The van der Waals surface area contributed by atoms with Gasteiger partial charge >= 0.3 is 0 Å². The number of allylic oxidation sites excluding steroid dienone is 1. The van der Waals surface area contributed by atoms with E-state index < -0.39 is 5.60 Å². The highest BCUT2D eigenvalue weighted by Gasteiger charge is 2.61. The number of carbonyl (C=O) groups is 1. The molecule has 4 aliphatic carbocycles. The van der Waals surface area contributed by atoms with Gasteiger partial charge in [-0.25, -0.2) is 0 Å². The molecule has 0 heterocycles. The number of rotatable bonds is 1. The Bertz CT molecular complexity index is 522. The molecule has 0 amide bonds. The zero-order valence-electron chi connectivity index (χ0n) is 14.1. The van der Waals surface area contributed by atoms with Crippen molar-refractivity contribution in [3.05, 3.63) is 11.6 Å². The van der Waals surface area contributed by atoms with Crippen LogP contribution in [0.5, 0.6) is 0 Å². The average molecular weight is 302 g/mol. The molecule has 1 N–H and O–H groups in total. The number of ketones is 1. The quantitative estimate of drug-likeness (QED) is 0.785. The van der Waals surface area contributed by atoms with Crippen LogP contribution in [0.4, 0.5) is 0 Å². The highest BCUT2D eigenvalue weighted by Crippen LogP contribution is 2.65. The minimum Gasteiger partial charge on any atom is -0.389 e. The highest BCUT2D eigenvalue weighted by atomic mass is 16.3. The summed E-state index contributed by atoms with van der Waals surface area (Å²) >= 11 is 0. The Kier molecular flexibility index (Phi) is 3.35. The summed E-state index contributed by atoms with van der Waals surface area (Å²) in [6.07, 6.45) is 11.8. The Morgan fingerprint density at radius 2 is 1.95 bits per heavy atom. The molecule has 0 saturated heterocycles. The van der Waals surface area contributed by atoms with Crippen LogP contribution in [0, 0.1) is 29.1 Å². The molecule has 3 fully saturated rings. The fourth-order valence-electron chi connectivity index (χ4n) is 6.87. The third-order valence-electron chi connectivity index (χ3n) is 8.21. The van der Waals surface area contributed by atoms with E-state index in [1.54, 1.807) is 0 Å². The zero-order valence-corrected chi connectivity index (χ0v) is 14.1. The van der Waals surface area contributed by atoms with E-state index in [0.717, 1.165) is 43.9 Å². The molecular weight excluding hydrogens is 272 g/mol. The van der Waals surface area contributed by atoms with Crippen LogP contribution in [-0.2, 0) is 4.79 Å². The fraction of sp³-hybridized carbons (Fsp3) is 0.850. The summed E-state index contributed by atoms with van der Waals surface area (Å²) in [4.78, 5) is 11.7. The Balaban J connectivity index is 1.63. The number of fused-ring (bicyclic) bond motifs is 5. The van der Waals surface area contributed by atoms with Gasteiger partial charge in [-0.15, -0.1) is 0 Å². The second-order valence-electron chi connectivity index (χ2n) is 8.68. The van der Waals surface area contributed by atoms with E-state index in [0.29, 0.717) is 17.6 Å². The van der Waals surface area contributed by atoms with Gasteiger partial charge in [0.05, 0.1) is 5.60 Å². The second kappa shape index (κ2) is 4.93. The van der Waals surface area contributed by atoms with E-state index in [4.69, 9.17) is 0 Å². The minimum absolute atomic E-state index is 0.134. The van der Waals surface area contributed by atoms with E-state index in [9.17, 15) is 9.90 Å². The molecule has 2 heteroatoms. The molecule has 22 heavy (non-hydrogen) atoms. The van der Waals surface area contributed by atoms with Gasteiger partial charge in [-0.3, -0.25) is 4.79 Å². The molecule has 4 rings (SSSR count). The first-order chi connectivity index (χ1) is 10.5. The van der Waals surface area contributed by atoms with Crippen molar-refractivity contribution in [2.75, 3.05) is 0 Å². The summed E-state index contributed by atoms with van der Waals surface area (Å²) in [6.45, 7) is 4.54. The number of aliphatic hydroxyl groups is 1. The Hall–Kier alpha value is -0.630. The first kappa shape index (κ1) is 14.9. The second-order valence-corrected chi connectivity index (χ2v) is 8.68. The third kappa shape index (κ3) is 1.85. The molecule has 0 unspecified atom stereocenters. The summed E-state index contributed by atoms with van der Waals surface area (Å²) < 4.78 is 0. The lowest BCUT2D eigenvalue weighted by atomic mass is 9.50. The number of carbonyl (C=O) groups excluding carboxylic acids is 1. The maximum Gasteiger partial charge on any atom is 0.155 e. The molecule has 122 valence electrons. The van der Waals surface area contributed by atoms with Crippen LogP contribution in [0.2, 0.25) is 0 Å². The smallest absolute Gasteiger partial charge is 0.155 e. The van der Waals surface area contributed by atoms with Gasteiger partial charge in [-0.2, -0.15) is 0 Å². The predicted octanol–water partition coefficient (Wildman–Crippen LogP) is 4.27.